The highest BCUT2D eigenvalue weighted by atomic mass is 19.1. The molecule has 0 spiro atoms. The molecule has 0 aliphatic heterocycles. The van der Waals surface area contributed by atoms with Crippen LogP contribution in [0.2, 0.25) is 0 Å². The fraction of sp³-hybridized carbons (Fsp3) is 0.188. The van der Waals surface area contributed by atoms with Gasteiger partial charge in [-0.1, -0.05) is 29.9 Å². The number of benzene rings is 1. The van der Waals surface area contributed by atoms with E-state index in [1.165, 1.54) is 17.7 Å². The Labute approximate surface area is 231 Å². The van der Waals surface area contributed by atoms with Gasteiger partial charge in [-0.05, 0) is 81.0 Å². The summed E-state index contributed by atoms with van der Waals surface area (Å²) in [4.78, 5) is 24.7. The Hall–Kier alpha value is -4.85. The summed E-state index contributed by atoms with van der Waals surface area (Å²) in [6.45, 7) is 7.56. The molecule has 0 unspecified atom stereocenters. The molecule has 3 heterocycles. The number of hydrogen-bond acceptors (Lipinski definition) is 4. The van der Waals surface area contributed by atoms with E-state index in [1.807, 2.05) is 25.1 Å². The van der Waals surface area contributed by atoms with Crippen molar-refractivity contribution in [1.82, 2.24) is 25.5 Å². The lowest BCUT2D eigenvalue weighted by Crippen LogP contribution is -2.22. The summed E-state index contributed by atoms with van der Waals surface area (Å²) in [5, 5.41) is 10.7. The molecule has 7 nitrogen and oxygen atoms in total. The van der Waals surface area contributed by atoms with Gasteiger partial charge >= 0.3 is 0 Å². The van der Waals surface area contributed by atoms with Gasteiger partial charge in [-0.2, -0.15) is 5.10 Å². The standard InChI is InChI=1S/C32H29FN6O/c1-18-4-11-24(20-7-9-23(33)10-8-20)25-16-29(36-28(25)14-18)31-30-27(38-39-31)13-12-26(37-30)22(17-34-3)15-19(2)35-32(40)21-5-6-21/h4,7-13,15-17,21,36H,3,5-6,14H2,1-2H3,(H,35,40)(H,38,39)/b19-15+,22-17+. The van der Waals surface area contributed by atoms with Crippen molar-refractivity contribution >= 4 is 34.8 Å². The predicted octanol–water partition coefficient (Wildman–Crippen LogP) is 6.50. The van der Waals surface area contributed by atoms with E-state index in [2.05, 4.69) is 57.4 Å². The van der Waals surface area contributed by atoms with Gasteiger partial charge in [-0.3, -0.25) is 14.9 Å². The molecule has 6 rings (SSSR count). The van der Waals surface area contributed by atoms with Crippen LogP contribution in [0.5, 0.6) is 0 Å². The van der Waals surface area contributed by atoms with Gasteiger partial charge in [-0.25, -0.2) is 9.37 Å². The first-order chi connectivity index (χ1) is 19.4. The molecule has 1 amide bonds. The number of allylic oxidation sites excluding steroid dienone is 6. The maximum absolute atomic E-state index is 13.6. The normalized spacial score (nSPS) is 15.8. The van der Waals surface area contributed by atoms with Crippen molar-refractivity contribution in [3.8, 4) is 11.4 Å². The molecule has 0 atom stereocenters. The number of aliphatic imine (C=N–C) groups is 1. The van der Waals surface area contributed by atoms with E-state index >= 15 is 0 Å². The van der Waals surface area contributed by atoms with Crippen molar-refractivity contribution in [3.63, 3.8) is 0 Å². The third-order valence-electron chi connectivity index (χ3n) is 7.16. The van der Waals surface area contributed by atoms with Crippen LogP contribution in [0.4, 0.5) is 4.39 Å². The number of nitrogens with zero attached hydrogens (tertiary/aromatic N) is 3. The topological polar surface area (TPSA) is 98.8 Å². The zero-order valence-electron chi connectivity index (χ0n) is 22.4. The van der Waals surface area contributed by atoms with Gasteiger partial charge in [0.25, 0.3) is 0 Å². The molecule has 0 radical (unpaired) electrons. The Morgan fingerprint density at radius 1 is 1.18 bits per heavy atom. The fourth-order valence-corrected chi connectivity index (χ4v) is 4.97. The van der Waals surface area contributed by atoms with E-state index in [4.69, 9.17) is 4.98 Å². The Morgan fingerprint density at radius 2 is 1.98 bits per heavy atom. The molecule has 0 saturated heterocycles. The second kappa shape index (κ2) is 10.4. The molecule has 1 saturated carbocycles. The van der Waals surface area contributed by atoms with Crippen LogP contribution in [0.1, 0.15) is 49.2 Å². The molecule has 40 heavy (non-hydrogen) atoms. The van der Waals surface area contributed by atoms with Gasteiger partial charge < -0.3 is 10.3 Å². The Kier molecular flexibility index (Phi) is 6.59. The summed E-state index contributed by atoms with van der Waals surface area (Å²) in [5.74, 6) is -0.101. The summed E-state index contributed by atoms with van der Waals surface area (Å²) in [5.41, 5.74) is 10.4. The van der Waals surface area contributed by atoms with Gasteiger partial charge in [0.15, 0.2) is 0 Å². The van der Waals surface area contributed by atoms with Crippen LogP contribution >= 0.6 is 0 Å². The Balaban J connectivity index is 1.38. The van der Waals surface area contributed by atoms with Crippen LogP contribution in [0, 0.1) is 11.7 Å². The molecule has 8 heteroatoms. The number of aromatic nitrogens is 4. The lowest BCUT2D eigenvalue weighted by Gasteiger charge is -2.07. The van der Waals surface area contributed by atoms with Crippen molar-refractivity contribution in [2.24, 2.45) is 10.9 Å². The maximum atomic E-state index is 13.6. The number of H-pyrrole nitrogens is 2. The molecular weight excluding hydrogens is 503 g/mol. The maximum Gasteiger partial charge on any atom is 0.227 e. The van der Waals surface area contributed by atoms with E-state index in [9.17, 15) is 9.18 Å². The third-order valence-corrected chi connectivity index (χ3v) is 7.16. The quantitative estimate of drug-likeness (QED) is 0.187. The van der Waals surface area contributed by atoms with Gasteiger partial charge in [0.05, 0.1) is 16.9 Å². The second-order valence-electron chi connectivity index (χ2n) is 10.4. The minimum atomic E-state index is -0.264. The lowest BCUT2D eigenvalue weighted by molar-refractivity contribution is -0.121. The number of pyridine rings is 1. The highest BCUT2D eigenvalue weighted by molar-refractivity contribution is 5.93. The first-order valence-corrected chi connectivity index (χ1v) is 13.3. The monoisotopic (exact) mass is 532 g/mol. The minimum absolute atomic E-state index is 0.0471. The number of carbonyl (C=O) groups is 1. The zero-order valence-corrected chi connectivity index (χ0v) is 22.4. The minimum Gasteiger partial charge on any atom is -0.356 e. The average Bonchev–Trinajstić information content (AvgIpc) is 3.63. The van der Waals surface area contributed by atoms with Crippen LogP contribution < -0.4 is 5.32 Å². The van der Waals surface area contributed by atoms with Crippen LogP contribution in [-0.2, 0) is 11.2 Å². The van der Waals surface area contributed by atoms with Crippen molar-refractivity contribution in [2.75, 3.05) is 0 Å². The largest absolute Gasteiger partial charge is 0.356 e. The van der Waals surface area contributed by atoms with Gasteiger partial charge in [0.2, 0.25) is 5.91 Å². The molecule has 0 bridgehead atoms. The molecule has 3 N–H and O–H groups in total. The average molecular weight is 533 g/mol. The molecule has 3 aromatic heterocycles. The fourth-order valence-electron chi connectivity index (χ4n) is 4.97. The van der Waals surface area contributed by atoms with Gasteiger partial charge in [-0.15, -0.1) is 0 Å². The van der Waals surface area contributed by atoms with Crippen molar-refractivity contribution in [3.05, 3.63) is 106 Å². The van der Waals surface area contributed by atoms with E-state index in [-0.39, 0.29) is 17.6 Å². The molecule has 2 aliphatic carbocycles. The highest BCUT2D eigenvalue weighted by Crippen LogP contribution is 2.35. The van der Waals surface area contributed by atoms with E-state index < -0.39 is 0 Å². The number of amides is 1. The van der Waals surface area contributed by atoms with Gasteiger partial charge in [0, 0.05) is 41.1 Å². The molecule has 2 aliphatic rings. The predicted molar refractivity (Wildman–Crippen MR) is 157 cm³/mol. The summed E-state index contributed by atoms with van der Waals surface area (Å²) in [7, 11) is 0. The van der Waals surface area contributed by atoms with Crippen molar-refractivity contribution in [2.45, 2.75) is 33.1 Å². The molecule has 4 aromatic rings. The summed E-state index contributed by atoms with van der Waals surface area (Å²) < 4.78 is 13.6. The zero-order chi connectivity index (χ0) is 27.8. The first kappa shape index (κ1) is 25.4. The smallest absolute Gasteiger partial charge is 0.227 e. The van der Waals surface area contributed by atoms with Crippen LogP contribution in [0.15, 0.2) is 83.2 Å². The van der Waals surface area contributed by atoms with E-state index in [0.29, 0.717) is 16.9 Å². The van der Waals surface area contributed by atoms with Gasteiger partial charge in [0.1, 0.15) is 17.0 Å². The number of rotatable bonds is 7. The van der Waals surface area contributed by atoms with Crippen LogP contribution in [0.3, 0.4) is 0 Å². The summed E-state index contributed by atoms with van der Waals surface area (Å²) in [6, 6.07) is 12.5. The number of nitrogens with one attached hydrogen (secondary N) is 3. The molecular formula is C32H29FN6O. The SMILES string of the molecule is C=N/C=C(\C=C(/C)NC(=O)C1CC1)c1ccc2[nH]nc(-c3cc4c([nH]3)CC(C)=CC=C4c3ccc(F)cc3)c2n1. The first-order valence-electron chi connectivity index (χ1n) is 13.3. The third kappa shape index (κ3) is 5.08. The number of hydrogen-bond donors (Lipinski definition) is 3. The number of aromatic amines is 2. The Morgan fingerprint density at radius 3 is 2.73 bits per heavy atom. The van der Waals surface area contributed by atoms with Crippen LogP contribution in [0.25, 0.3) is 33.6 Å². The lowest BCUT2D eigenvalue weighted by atomic mass is 9.97. The van der Waals surface area contributed by atoms with Crippen LogP contribution in [-0.4, -0.2) is 32.8 Å². The Bertz CT molecular complexity index is 1760. The molecule has 1 fully saturated rings. The number of fused-ring (bicyclic) bond motifs is 2. The van der Waals surface area contributed by atoms with E-state index in [0.717, 1.165) is 64.1 Å². The highest BCUT2D eigenvalue weighted by Gasteiger charge is 2.29. The number of halogens is 1. The number of carbonyl (C=O) groups excluding carboxylic acids is 1. The summed E-state index contributed by atoms with van der Waals surface area (Å²) in [6.07, 6.45) is 10.3. The molecule has 1 aromatic carbocycles. The summed E-state index contributed by atoms with van der Waals surface area (Å²) >= 11 is 0. The van der Waals surface area contributed by atoms with Crippen molar-refractivity contribution in [1.29, 1.82) is 0 Å². The molecule has 200 valence electrons. The second-order valence-corrected chi connectivity index (χ2v) is 10.4. The van der Waals surface area contributed by atoms with E-state index in [1.54, 1.807) is 18.3 Å². The van der Waals surface area contributed by atoms with Crippen molar-refractivity contribution < 1.29 is 9.18 Å².